The number of hydrogen-bond donors (Lipinski definition) is 1. The molecule has 2 heterocycles. The highest BCUT2D eigenvalue weighted by Gasteiger charge is 2.25. The van der Waals surface area contributed by atoms with E-state index in [1.165, 1.54) is 5.56 Å². The van der Waals surface area contributed by atoms with Gasteiger partial charge in [0.15, 0.2) is 0 Å². The van der Waals surface area contributed by atoms with Crippen molar-refractivity contribution in [2.45, 2.75) is 32.2 Å². The number of hydrogen-bond acceptors (Lipinski definition) is 5. The van der Waals surface area contributed by atoms with Crippen LogP contribution >= 0.6 is 0 Å². The Morgan fingerprint density at radius 2 is 2.16 bits per heavy atom. The summed E-state index contributed by atoms with van der Waals surface area (Å²) in [7, 11) is 1.67. The minimum absolute atomic E-state index is 0.186. The first-order valence-electron chi connectivity index (χ1n) is 9.14. The van der Waals surface area contributed by atoms with E-state index in [2.05, 4.69) is 11.4 Å². The molecule has 6 nitrogen and oxygen atoms in total. The number of methoxy groups -OCH3 is 1. The van der Waals surface area contributed by atoms with Gasteiger partial charge >= 0.3 is 6.09 Å². The second kappa shape index (κ2) is 8.43. The van der Waals surface area contributed by atoms with Crippen molar-refractivity contribution >= 4 is 6.09 Å². The van der Waals surface area contributed by atoms with Crippen LogP contribution in [0.4, 0.5) is 4.79 Å². The molecular weight excluding hydrogens is 320 g/mol. The Morgan fingerprint density at radius 3 is 2.88 bits per heavy atom. The second-order valence-corrected chi connectivity index (χ2v) is 6.72. The molecule has 138 valence electrons. The lowest BCUT2D eigenvalue weighted by atomic mass is 9.95. The molecule has 0 saturated carbocycles. The fraction of sp³-hybridized carbons (Fsp3) is 0.632. The molecule has 0 radical (unpaired) electrons. The minimum atomic E-state index is -0.186. The van der Waals surface area contributed by atoms with Crippen LogP contribution in [0.3, 0.4) is 0 Å². The number of carbonyl (C=O) groups excluding carboxylic acids is 1. The molecule has 3 rings (SSSR count). The molecule has 0 aromatic heterocycles. The van der Waals surface area contributed by atoms with E-state index < -0.39 is 0 Å². The fourth-order valence-corrected chi connectivity index (χ4v) is 3.49. The highest BCUT2D eigenvalue weighted by atomic mass is 16.6. The largest absolute Gasteiger partial charge is 0.497 e. The zero-order valence-corrected chi connectivity index (χ0v) is 15.1. The highest BCUT2D eigenvalue weighted by Crippen LogP contribution is 2.30. The summed E-state index contributed by atoms with van der Waals surface area (Å²) in [5, 5.41) is 3.65. The summed E-state index contributed by atoms with van der Waals surface area (Å²) in [6, 6.07) is 6.51. The number of fused-ring (bicyclic) bond motifs is 1. The predicted octanol–water partition coefficient (Wildman–Crippen LogP) is 2.46. The lowest BCUT2D eigenvalue weighted by Crippen LogP contribution is -2.46. The molecule has 1 aromatic rings. The van der Waals surface area contributed by atoms with Crippen LogP contribution in [0.1, 0.15) is 25.3 Å². The van der Waals surface area contributed by atoms with Crippen LogP contribution in [0.2, 0.25) is 0 Å². The van der Waals surface area contributed by atoms with Crippen molar-refractivity contribution in [3.05, 3.63) is 23.8 Å². The average molecular weight is 348 g/mol. The average Bonchev–Trinajstić information content (AvgIpc) is 2.66. The molecule has 1 saturated heterocycles. The van der Waals surface area contributed by atoms with Gasteiger partial charge in [0.1, 0.15) is 11.5 Å². The number of piperidine rings is 1. The van der Waals surface area contributed by atoms with E-state index in [9.17, 15) is 4.79 Å². The van der Waals surface area contributed by atoms with Gasteiger partial charge in [-0.15, -0.1) is 0 Å². The van der Waals surface area contributed by atoms with Gasteiger partial charge in [0.25, 0.3) is 0 Å². The first-order chi connectivity index (χ1) is 12.2. The van der Waals surface area contributed by atoms with Gasteiger partial charge in [-0.1, -0.05) is 6.07 Å². The molecule has 1 amide bonds. The van der Waals surface area contributed by atoms with E-state index in [0.717, 1.165) is 57.0 Å². The van der Waals surface area contributed by atoms with Gasteiger partial charge in [-0.25, -0.2) is 4.79 Å². The third-order valence-electron chi connectivity index (χ3n) is 4.97. The van der Waals surface area contributed by atoms with Crippen LogP contribution in [0, 0.1) is 5.92 Å². The number of amides is 1. The molecule has 1 aromatic carbocycles. The van der Waals surface area contributed by atoms with E-state index in [0.29, 0.717) is 18.6 Å². The van der Waals surface area contributed by atoms with Crippen molar-refractivity contribution < 1.29 is 19.0 Å². The van der Waals surface area contributed by atoms with Crippen LogP contribution in [-0.4, -0.2) is 57.0 Å². The number of nitrogens with zero attached hydrogens (tertiary/aromatic N) is 1. The first-order valence-corrected chi connectivity index (χ1v) is 9.14. The van der Waals surface area contributed by atoms with Gasteiger partial charge < -0.3 is 24.4 Å². The zero-order chi connectivity index (χ0) is 17.6. The second-order valence-electron chi connectivity index (χ2n) is 6.72. The molecule has 0 aliphatic carbocycles. The predicted molar refractivity (Wildman–Crippen MR) is 95.3 cm³/mol. The summed E-state index contributed by atoms with van der Waals surface area (Å²) < 4.78 is 16.2. The molecule has 0 unspecified atom stereocenters. The van der Waals surface area contributed by atoms with Crippen molar-refractivity contribution in [3.8, 4) is 11.5 Å². The number of carbonyl (C=O) groups is 1. The standard InChI is InChI=1S/C19H28N2O4/c1-3-24-19(22)21-8-6-16(7-9-21)20-12-14-10-15-4-5-17(23-2)11-18(15)25-13-14/h4-5,11,14,16,20H,3,6-10,12-13H2,1-2H3/t14-/m1/s1. The summed E-state index contributed by atoms with van der Waals surface area (Å²) in [6.07, 6.45) is 2.78. The zero-order valence-electron chi connectivity index (χ0n) is 15.1. The van der Waals surface area contributed by atoms with Gasteiger partial charge in [-0.05, 0) is 37.8 Å². The SMILES string of the molecule is CCOC(=O)N1CCC(NC[C@@H]2COc3cc(OC)ccc3C2)CC1. The van der Waals surface area contributed by atoms with Gasteiger partial charge in [-0.2, -0.15) is 0 Å². The number of nitrogens with one attached hydrogen (secondary N) is 1. The maximum atomic E-state index is 11.7. The third kappa shape index (κ3) is 4.57. The summed E-state index contributed by atoms with van der Waals surface area (Å²) in [5.74, 6) is 2.26. The van der Waals surface area contributed by atoms with E-state index in [4.69, 9.17) is 14.2 Å². The third-order valence-corrected chi connectivity index (χ3v) is 4.97. The first kappa shape index (κ1) is 17.9. The highest BCUT2D eigenvalue weighted by molar-refractivity contribution is 5.67. The number of likely N-dealkylation sites (tertiary alicyclic amines) is 1. The van der Waals surface area contributed by atoms with E-state index in [-0.39, 0.29) is 6.09 Å². The van der Waals surface area contributed by atoms with Crippen LogP contribution in [0.5, 0.6) is 11.5 Å². The van der Waals surface area contributed by atoms with Gasteiger partial charge in [0, 0.05) is 37.7 Å². The van der Waals surface area contributed by atoms with Crippen molar-refractivity contribution in [1.29, 1.82) is 0 Å². The quantitative estimate of drug-likeness (QED) is 0.886. The van der Waals surface area contributed by atoms with E-state index >= 15 is 0 Å². The Hall–Kier alpha value is -1.95. The van der Waals surface area contributed by atoms with E-state index in [1.807, 2.05) is 19.1 Å². The lowest BCUT2D eigenvalue weighted by Gasteiger charge is -2.33. The van der Waals surface area contributed by atoms with Gasteiger partial charge in [0.05, 0.1) is 20.3 Å². The minimum Gasteiger partial charge on any atom is -0.497 e. The summed E-state index contributed by atoms with van der Waals surface area (Å²) in [4.78, 5) is 13.5. The van der Waals surface area contributed by atoms with Crippen LogP contribution in [-0.2, 0) is 11.2 Å². The van der Waals surface area contributed by atoms with Gasteiger partial charge in [0.2, 0.25) is 0 Å². The molecule has 25 heavy (non-hydrogen) atoms. The number of benzene rings is 1. The van der Waals surface area contributed by atoms with Crippen molar-refractivity contribution in [1.82, 2.24) is 10.2 Å². The molecule has 0 spiro atoms. The Morgan fingerprint density at radius 1 is 1.36 bits per heavy atom. The maximum absolute atomic E-state index is 11.7. The van der Waals surface area contributed by atoms with Crippen molar-refractivity contribution in [2.75, 3.05) is 40.0 Å². The van der Waals surface area contributed by atoms with Crippen molar-refractivity contribution in [3.63, 3.8) is 0 Å². The fourth-order valence-electron chi connectivity index (χ4n) is 3.49. The Balaban J connectivity index is 1.42. The number of ether oxygens (including phenoxy) is 3. The molecular formula is C19H28N2O4. The Kier molecular flexibility index (Phi) is 6.02. The monoisotopic (exact) mass is 348 g/mol. The van der Waals surface area contributed by atoms with Crippen LogP contribution in [0.15, 0.2) is 18.2 Å². The lowest BCUT2D eigenvalue weighted by molar-refractivity contribution is 0.0943. The van der Waals surface area contributed by atoms with Crippen LogP contribution < -0.4 is 14.8 Å². The smallest absolute Gasteiger partial charge is 0.409 e. The Labute approximate surface area is 149 Å². The maximum Gasteiger partial charge on any atom is 0.409 e. The van der Waals surface area contributed by atoms with Crippen molar-refractivity contribution in [2.24, 2.45) is 5.92 Å². The normalized spacial score (nSPS) is 20.6. The summed E-state index contributed by atoms with van der Waals surface area (Å²) >= 11 is 0. The molecule has 2 aliphatic rings. The summed E-state index contributed by atoms with van der Waals surface area (Å²) in [6.45, 7) is 5.48. The molecule has 1 atom stereocenters. The molecule has 6 heteroatoms. The van der Waals surface area contributed by atoms with E-state index in [1.54, 1.807) is 12.0 Å². The Bertz CT molecular complexity index is 585. The molecule has 0 bridgehead atoms. The topological polar surface area (TPSA) is 60.0 Å². The molecule has 1 fully saturated rings. The molecule has 2 aliphatic heterocycles. The van der Waals surface area contributed by atoms with Gasteiger partial charge in [-0.3, -0.25) is 0 Å². The molecule has 1 N–H and O–H groups in total. The number of rotatable bonds is 5. The van der Waals surface area contributed by atoms with Crippen LogP contribution in [0.25, 0.3) is 0 Å². The summed E-state index contributed by atoms with van der Waals surface area (Å²) in [5.41, 5.74) is 1.25.